The maximum atomic E-state index is 2.59. The van der Waals surface area contributed by atoms with E-state index in [0.717, 1.165) is 11.8 Å². The molecule has 1 fully saturated rings. The van der Waals surface area contributed by atoms with Crippen LogP contribution in [0.5, 0.6) is 0 Å². The average Bonchev–Trinajstić information content (AvgIpc) is 2.47. The maximum Gasteiger partial charge on any atom is 0.00721 e. The Morgan fingerprint density at radius 1 is 1.15 bits per heavy atom. The molecule has 2 aliphatic rings. The number of thioether (sulfide) groups is 1. The predicted molar refractivity (Wildman–Crippen MR) is 89.1 cm³/mol. The lowest BCUT2D eigenvalue weighted by atomic mass is 9.61. The minimum absolute atomic E-state index is 0.474. The molecule has 0 spiro atoms. The molecule has 2 aliphatic carbocycles. The van der Waals surface area contributed by atoms with Crippen LogP contribution in [0.2, 0.25) is 0 Å². The molecule has 0 amide bonds. The van der Waals surface area contributed by atoms with Crippen molar-refractivity contribution >= 4 is 11.8 Å². The quantitative estimate of drug-likeness (QED) is 0.489. The molecule has 0 unspecified atom stereocenters. The van der Waals surface area contributed by atoms with Gasteiger partial charge in [-0.25, -0.2) is 0 Å². The number of hydrogen-bond acceptors (Lipinski definition) is 1. The van der Waals surface area contributed by atoms with Gasteiger partial charge in [-0.05, 0) is 61.5 Å². The minimum Gasteiger partial charge on any atom is -0.126 e. The van der Waals surface area contributed by atoms with Gasteiger partial charge < -0.3 is 0 Å². The summed E-state index contributed by atoms with van der Waals surface area (Å²) in [4.78, 5) is 1.42. The second-order valence-electron chi connectivity index (χ2n) is 7.04. The summed E-state index contributed by atoms with van der Waals surface area (Å²) in [5.74, 6) is 2.92. The van der Waals surface area contributed by atoms with E-state index < -0.39 is 0 Å². The normalized spacial score (nSPS) is 28.6. The summed E-state index contributed by atoms with van der Waals surface area (Å²) in [5, 5.41) is 0. The van der Waals surface area contributed by atoms with Crippen LogP contribution in [0.25, 0.3) is 0 Å². The molecule has 0 aromatic heterocycles. The molecule has 2 atom stereocenters. The van der Waals surface area contributed by atoms with Gasteiger partial charge in [0, 0.05) is 10.6 Å². The molecule has 0 aliphatic heterocycles. The fourth-order valence-electron chi connectivity index (χ4n) is 3.89. The molecule has 1 aromatic rings. The van der Waals surface area contributed by atoms with E-state index in [9.17, 15) is 0 Å². The highest BCUT2D eigenvalue weighted by atomic mass is 32.2. The van der Waals surface area contributed by atoms with Crippen molar-refractivity contribution in [2.24, 2.45) is 17.3 Å². The second kappa shape index (κ2) is 5.97. The standard InChI is InChI=1S/C19H26S/c1-19(2)13-12-15-8-6-7-11-17(15)18(19)14-20-16-9-4-3-5-10-16/h3-5,9-11,15,18H,6-8,12-14H2,1-2H3/t15-,18+/m0/s1. The average molecular weight is 286 g/mol. The summed E-state index contributed by atoms with van der Waals surface area (Å²) >= 11 is 2.04. The highest BCUT2D eigenvalue weighted by Gasteiger charge is 2.40. The molecular weight excluding hydrogens is 260 g/mol. The second-order valence-corrected chi connectivity index (χ2v) is 8.13. The van der Waals surface area contributed by atoms with E-state index >= 15 is 0 Å². The van der Waals surface area contributed by atoms with E-state index in [-0.39, 0.29) is 0 Å². The molecule has 0 heterocycles. The van der Waals surface area contributed by atoms with Gasteiger partial charge in [0.2, 0.25) is 0 Å². The van der Waals surface area contributed by atoms with Crippen LogP contribution in [0, 0.1) is 17.3 Å². The lowest BCUT2D eigenvalue weighted by Gasteiger charge is -2.46. The van der Waals surface area contributed by atoms with E-state index in [0.29, 0.717) is 5.41 Å². The molecular formula is C19H26S. The van der Waals surface area contributed by atoms with Crippen LogP contribution in [0.1, 0.15) is 46.0 Å². The molecule has 1 saturated carbocycles. The predicted octanol–water partition coefficient (Wildman–Crippen LogP) is 5.94. The van der Waals surface area contributed by atoms with Gasteiger partial charge in [-0.2, -0.15) is 0 Å². The topological polar surface area (TPSA) is 0 Å². The third-order valence-electron chi connectivity index (χ3n) is 5.25. The Hall–Kier alpha value is -0.690. The zero-order valence-corrected chi connectivity index (χ0v) is 13.6. The molecule has 0 radical (unpaired) electrons. The molecule has 0 bridgehead atoms. The van der Waals surface area contributed by atoms with Gasteiger partial charge in [-0.15, -0.1) is 11.8 Å². The van der Waals surface area contributed by atoms with Gasteiger partial charge in [0.15, 0.2) is 0 Å². The van der Waals surface area contributed by atoms with Crippen molar-refractivity contribution in [1.29, 1.82) is 0 Å². The molecule has 0 N–H and O–H groups in total. The third kappa shape index (κ3) is 2.98. The Kier molecular flexibility index (Phi) is 4.26. The summed E-state index contributed by atoms with van der Waals surface area (Å²) < 4.78 is 0. The number of hydrogen-bond donors (Lipinski definition) is 0. The van der Waals surface area contributed by atoms with Crippen molar-refractivity contribution < 1.29 is 0 Å². The van der Waals surface area contributed by atoms with Crippen LogP contribution >= 0.6 is 11.8 Å². The van der Waals surface area contributed by atoms with Crippen LogP contribution in [-0.2, 0) is 0 Å². The molecule has 1 heteroatoms. The van der Waals surface area contributed by atoms with Crippen molar-refractivity contribution in [2.45, 2.75) is 50.8 Å². The van der Waals surface area contributed by atoms with E-state index in [1.165, 1.54) is 42.8 Å². The van der Waals surface area contributed by atoms with Crippen LogP contribution < -0.4 is 0 Å². The summed E-state index contributed by atoms with van der Waals surface area (Å²) in [6.07, 6.45) is 9.57. The molecule has 0 saturated heterocycles. The van der Waals surface area contributed by atoms with E-state index in [1.807, 2.05) is 11.8 Å². The highest BCUT2D eigenvalue weighted by molar-refractivity contribution is 7.99. The molecule has 1 aromatic carbocycles. The number of fused-ring (bicyclic) bond motifs is 1. The van der Waals surface area contributed by atoms with Gasteiger partial charge in [-0.1, -0.05) is 43.7 Å². The first-order valence-corrected chi connectivity index (χ1v) is 9.03. The summed E-state index contributed by atoms with van der Waals surface area (Å²) in [6.45, 7) is 4.96. The Morgan fingerprint density at radius 3 is 2.75 bits per heavy atom. The maximum absolute atomic E-state index is 2.59. The fraction of sp³-hybridized carbons (Fsp3) is 0.579. The minimum atomic E-state index is 0.474. The largest absolute Gasteiger partial charge is 0.126 e. The lowest BCUT2D eigenvalue weighted by Crippen LogP contribution is -2.36. The summed E-state index contributed by atoms with van der Waals surface area (Å²) in [6, 6.07) is 10.9. The van der Waals surface area contributed by atoms with Crippen LogP contribution in [0.4, 0.5) is 0 Å². The summed E-state index contributed by atoms with van der Waals surface area (Å²) in [5.41, 5.74) is 2.28. The van der Waals surface area contributed by atoms with E-state index in [2.05, 4.69) is 50.3 Å². The fourth-order valence-corrected chi connectivity index (χ4v) is 5.25. The Morgan fingerprint density at radius 2 is 1.95 bits per heavy atom. The van der Waals surface area contributed by atoms with Gasteiger partial charge in [0.25, 0.3) is 0 Å². The van der Waals surface area contributed by atoms with Crippen LogP contribution in [0.3, 0.4) is 0 Å². The zero-order chi connectivity index (χ0) is 14.0. The van der Waals surface area contributed by atoms with Crippen molar-refractivity contribution in [3.05, 3.63) is 42.0 Å². The Labute approximate surface area is 128 Å². The molecule has 108 valence electrons. The van der Waals surface area contributed by atoms with E-state index in [4.69, 9.17) is 0 Å². The van der Waals surface area contributed by atoms with Crippen LogP contribution in [-0.4, -0.2) is 5.75 Å². The monoisotopic (exact) mass is 286 g/mol. The highest BCUT2D eigenvalue weighted by Crippen LogP contribution is 2.50. The smallest absolute Gasteiger partial charge is 0.00721 e. The van der Waals surface area contributed by atoms with Crippen LogP contribution in [0.15, 0.2) is 46.9 Å². The van der Waals surface area contributed by atoms with Gasteiger partial charge in [-0.3, -0.25) is 0 Å². The number of benzene rings is 1. The van der Waals surface area contributed by atoms with E-state index in [1.54, 1.807) is 5.57 Å². The molecule has 20 heavy (non-hydrogen) atoms. The first kappa shape index (κ1) is 14.3. The SMILES string of the molecule is CC1(C)CC[C@@H]2CCCC=C2[C@H]1CSc1ccccc1. The van der Waals surface area contributed by atoms with Crippen molar-refractivity contribution in [2.75, 3.05) is 5.75 Å². The lowest BCUT2D eigenvalue weighted by molar-refractivity contribution is 0.166. The number of rotatable bonds is 3. The molecule has 3 rings (SSSR count). The van der Waals surface area contributed by atoms with Crippen molar-refractivity contribution in [3.8, 4) is 0 Å². The number of allylic oxidation sites excluding steroid dienone is 2. The van der Waals surface area contributed by atoms with Gasteiger partial charge in [0.1, 0.15) is 0 Å². The van der Waals surface area contributed by atoms with Gasteiger partial charge >= 0.3 is 0 Å². The van der Waals surface area contributed by atoms with Crippen molar-refractivity contribution in [3.63, 3.8) is 0 Å². The molecule has 0 nitrogen and oxygen atoms in total. The first-order chi connectivity index (χ1) is 9.67. The zero-order valence-electron chi connectivity index (χ0n) is 12.8. The van der Waals surface area contributed by atoms with Crippen molar-refractivity contribution in [1.82, 2.24) is 0 Å². The Bertz CT molecular complexity index is 472. The summed E-state index contributed by atoms with van der Waals surface area (Å²) in [7, 11) is 0. The third-order valence-corrected chi connectivity index (χ3v) is 6.36. The first-order valence-electron chi connectivity index (χ1n) is 8.04. The Balaban J connectivity index is 1.75. The van der Waals surface area contributed by atoms with Gasteiger partial charge in [0.05, 0.1) is 0 Å².